The normalized spacial score (nSPS) is 30.8. The molecule has 0 atom stereocenters. The molecule has 3 rings (SSSR count). The number of rotatable bonds is 2. The first-order valence-electron chi connectivity index (χ1n) is 8.22. The third-order valence-corrected chi connectivity index (χ3v) is 5.66. The molecule has 1 saturated heterocycles. The molecule has 1 spiro atoms. The summed E-state index contributed by atoms with van der Waals surface area (Å²) in [5.74, 6) is -0.174. The van der Waals surface area contributed by atoms with Gasteiger partial charge in [0.2, 0.25) is 5.91 Å². The van der Waals surface area contributed by atoms with Crippen LogP contribution in [0.2, 0.25) is 0 Å². The van der Waals surface area contributed by atoms with E-state index in [2.05, 4.69) is 48.6 Å². The summed E-state index contributed by atoms with van der Waals surface area (Å²) in [7, 11) is 4.25. The largest absolute Gasteiger partial charge is 0.330 e. The van der Waals surface area contributed by atoms with Crippen LogP contribution in [0.25, 0.3) is 0 Å². The highest BCUT2D eigenvalue weighted by molar-refractivity contribution is 5.95. The lowest BCUT2D eigenvalue weighted by Gasteiger charge is -2.48. The molecule has 5 nitrogen and oxygen atoms in total. The van der Waals surface area contributed by atoms with Gasteiger partial charge >= 0.3 is 6.03 Å². The second kappa shape index (κ2) is 5.64. The van der Waals surface area contributed by atoms with Crippen LogP contribution in [-0.4, -0.2) is 47.9 Å². The number of amides is 3. The van der Waals surface area contributed by atoms with Gasteiger partial charge in [-0.15, -0.1) is 0 Å². The third kappa shape index (κ3) is 2.63. The average molecular weight is 315 g/mol. The molecule has 2 fully saturated rings. The van der Waals surface area contributed by atoms with Gasteiger partial charge in [0, 0.05) is 12.5 Å². The molecule has 124 valence electrons. The zero-order valence-electron chi connectivity index (χ0n) is 14.1. The number of benzene rings is 1. The van der Waals surface area contributed by atoms with Crippen molar-refractivity contribution in [1.29, 1.82) is 0 Å². The lowest BCUT2D eigenvalue weighted by Crippen LogP contribution is -2.54. The van der Waals surface area contributed by atoms with Gasteiger partial charge in [0.1, 0.15) is 0 Å². The van der Waals surface area contributed by atoms with Crippen LogP contribution in [0.3, 0.4) is 0 Å². The van der Waals surface area contributed by atoms with Crippen LogP contribution in [0.4, 0.5) is 4.79 Å². The van der Waals surface area contributed by atoms with Crippen LogP contribution < -0.4 is 5.32 Å². The summed E-state index contributed by atoms with van der Waals surface area (Å²) in [5, 5.41) is 3.08. The maximum Gasteiger partial charge on any atom is 0.324 e. The number of urea groups is 1. The zero-order valence-corrected chi connectivity index (χ0v) is 14.1. The van der Waals surface area contributed by atoms with E-state index in [9.17, 15) is 9.59 Å². The molecule has 0 aromatic heterocycles. The van der Waals surface area contributed by atoms with E-state index in [1.807, 2.05) is 6.07 Å². The predicted octanol–water partition coefficient (Wildman–Crippen LogP) is 2.33. The Morgan fingerprint density at radius 2 is 1.74 bits per heavy atom. The fourth-order valence-electron chi connectivity index (χ4n) is 4.13. The monoisotopic (exact) mass is 315 g/mol. The first kappa shape index (κ1) is 16.0. The summed E-state index contributed by atoms with van der Waals surface area (Å²) in [6.45, 7) is 1.95. The first-order valence-corrected chi connectivity index (χ1v) is 8.22. The number of hydrogen-bond donors (Lipinski definition) is 1. The molecular weight excluding hydrogens is 290 g/mol. The Hall–Kier alpha value is -1.88. The van der Waals surface area contributed by atoms with Crippen molar-refractivity contribution in [1.82, 2.24) is 15.1 Å². The Morgan fingerprint density at radius 3 is 2.22 bits per heavy atom. The van der Waals surface area contributed by atoms with E-state index in [4.69, 9.17) is 0 Å². The van der Waals surface area contributed by atoms with Crippen LogP contribution in [0, 0.1) is 0 Å². The SMILES string of the molecule is CC(=O)N1C[C@]2(CC[C@@](c3ccccc3)(N(C)C)CC2)NC1=O. The highest BCUT2D eigenvalue weighted by atomic mass is 16.2. The Bertz CT molecular complexity index is 604. The van der Waals surface area contributed by atoms with Crippen LogP contribution in [0.15, 0.2) is 30.3 Å². The van der Waals surface area contributed by atoms with E-state index in [1.54, 1.807) is 0 Å². The van der Waals surface area contributed by atoms with E-state index in [1.165, 1.54) is 17.4 Å². The first-order chi connectivity index (χ1) is 10.9. The predicted molar refractivity (Wildman–Crippen MR) is 88.9 cm³/mol. The molecule has 1 saturated carbocycles. The Morgan fingerprint density at radius 1 is 1.13 bits per heavy atom. The van der Waals surface area contributed by atoms with Gasteiger partial charge in [0.05, 0.1) is 12.1 Å². The Kier molecular flexibility index (Phi) is 3.92. The molecule has 1 aromatic rings. The lowest BCUT2D eigenvalue weighted by molar-refractivity contribution is -0.125. The van der Waals surface area contributed by atoms with Crippen LogP contribution in [0.1, 0.15) is 38.2 Å². The number of carbonyl (C=O) groups excluding carboxylic acids is 2. The summed E-state index contributed by atoms with van der Waals surface area (Å²) in [4.78, 5) is 27.3. The van der Waals surface area contributed by atoms with Crippen molar-refractivity contribution in [3.8, 4) is 0 Å². The van der Waals surface area contributed by atoms with Gasteiger partial charge < -0.3 is 5.32 Å². The second-order valence-electron chi connectivity index (χ2n) is 7.11. The molecule has 0 radical (unpaired) electrons. The highest BCUT2D eigenvalue weighted by Gasteiger charge is 2.50. The standard InChI is InChI=1S/C18H25N3O2/c1-14(22)21-13-17(19-16(21)23)9-11-18(12-10-17,20(2)3)15-7-5-4-6-8-15/h4-8H,9-13H2,1-3H3,(H,19,23)/t17-,18-. The van der Waals surface area contributed by atoms with Crippen molar-refractivity contribution in [2.45, 2.75) is 43.7 Å². The summed E-state index contributed by atoms with van der Waals surface area (Å²) in [6, 6.07) is 10.3. The van der Waals surface area contributed by atoms with Gasteiger partial charge in [-0.05, 0) is 45.3 Å². The fourth-order valence-corrected chi connectivity index (χ4v) is 4.13. The van der Waals surface area contributed by atoms with Gasteiger partial charge in [-0.25, -0.2) is 4.79 Å². The number of nitrogens with zero attached hydrogens (tertiary/aromatic N) is 2. The average Bonchev–Trinajstić information content (AvgIpc) is 2.86. The molecule has 0 unspecified atom stereocenters. The summed E-state index contributed by atoms with van der Waals surface area (Å²) < 4.78 is 0. The minimum atomic E-state index is -0.253. The molecule has 1 N–H and O–H groups in total. The molecule has 2 aliphatic rings. The lowest BCUT2D eigenvalue weighted by atomic mass is 9.69. The van der Waals surface area contributed by atoms with Crippen LogP contribution in [-0.2, 0) is 10.3 Å². The van der Waals surface area contributed by atoms with Crippen LogP contribution >= 0.6 is 0 Å². The van der Waals surface area contributed by atoms with Crippen molar-refractivity contribution in [2.24, 2.45) is 0 Å². The number of nitrogens with one attached hydrogen (secondary N) is 1. The molecule has 5 heteroatoms. The molecule has 1 aliphatic carbocycles. The molecule has 1 aromatic carbocycles. The summed E-state index contributed by atoms with van der Waals surface area (Å²) in [5.41, 5.74) is 1.07. The molecule has 1 aliphatic heterocycles. The Labute approximate surface area is 137 Å². The van der Waals surface area contributed by atoms with Gasteiger partial charge in [0.15, 0.2) is 0 Å². The third-order valence-electron chi connectivity index (χ3n) is 5.66. The molecule has 1 heterocycles. The van der Waals surface area contributed by atoms with Crippen molar-refractivity contribution in [2.75, 3.05) is 20.6 Å². The molecule has 23 heavy (non-hydrogen) atoms. The second-order valence-corrected chi connectivity index (χ2v) is 7.11. The number of carbonyl (C=O) groups is 2. The topological polar surface area (TPSA) is 52.7 Å². The molecular formula is C18H25N3O2. The Balaban J connectivity index is 1.82. The molecule has 3 amide bonds. The number of hydrogen-bond acceptors (Lipinski definition) is 3. The van der Waals surface area contributed by atoms with Crippen molar-refractivity contribution in [3.05, 3.63) is 35.9 Å². The van der Waals surface area contributed by atoms with Gasteiger partial charge in [-0.3, -0.25) is 14.6 Å². The van der Waals surface area contributed by atoms with Gasteiger partial charge in [-0.1, -0.05) is 30.3 Å². The maximum absolute atomic E-state index is 12.0. The summed E-state index contributed by atoms with van der Waals surface area (Å²) >= 11 is 0. The van der Waals surface area contributed by atoms with E-state index >= 15 is 0 Å². The molecule has 0 bridgehead atoms. The zero-order chi connectivity index (χ0) is 16.7. The van der Waals surface area contributed by atoms with Crippen molar-refractivity contribution in [3.63, 3.8) is 0 Å². The van der Waals surface area contributed by atoms with E-state index in [0.29, 0.717) is 6.54 Å². The van der Waals surface area contributed by atoms with Gasteiger partial charge in [0.25, 0.3) is 0 Å². The fraction of sp³-hybridized carbons (Fsp3) is 0.556. The smallest absolute Gasteiger partial charge is 0.324 e. The highest BCUT2D eigenvalue weighted by Crippen LogP contribution is 2.45. The maximum atomic E-state index is 12.0. The van der Waals surface area contributed by atoms with Gasteiger partial charge in [-0.2, -0.15) is 0 Å². The minimum absolute atomic E-state index is 0.000874. The van der Waals surface area contributed by atoms with E-state index in [-0.39, 0.29) is 23.0 Å². The van der Waals surface area contributed by atoms with Crippen LogP contribution in [0.5, 0.6) is 0 Å². The quantitative estimate of drug-likeness (QED) is 0.911. The van der Waals surface area contributed by atoms with Crippen molar-refractivity contribution >= 4 is 11.9 Å². The van der Waals surface area contributed by atoms with E-state index in [0.717, 1.165) is 25.7 Å². The summed E-state index contributed by atoms with van der Waals surface area (Å²) in [6.07, 6.45) is 3.71. The minimum Gasteiger partial charge on any atom is -0.330 e. The van der Waals surface area contributed by atoms with Crippen molar-refractivity contribution < 1.29 is 9.59 Å². The van der Waals surface area contributed by atoms with E-state index < -0.39 is 0 Å². The number of imide groups is 1.